The molecule has 0 rings (SSSR count). The second kappa shape index (κ2) is 5.82. The predicted molar refractivity (Wildman–Crippen MR) is 40.2 cm³/mol. The number of methoxy groups -OCH3 is 1. The van der Waals surface area contributed by atoms with Gasteiger partial charge in [-0.05, 0) is 6.92 Å². The molecule has 5 nitrogen and oxygen atoms in total. The SMILES string of the molecule is COC/C(C)=N/NC(=O)CO. The number of amides is 1. The Hall–Kier alpha value is -0.940. The average Bonchev–Trinajstić information content (AvgIpc) is 2.01. The van der Waals surface area contributed by atoms with E-state index in [4.69, 9.17) is 9.84 Å². The summed E-state index contributed by atoms with van der Waals surface area (Å²) in [5, 5.41) is 11.9. The lowest BCUT2D eigenvalue weighted by Crippen LogP contribution is -2.22. The Bertz CT molecular complexity index is 156. The summed E-state index contributed by atoms with van der Waals surface area (Å²) in [6, 6.07) is 0. The molecule has 2 N–H and O–H groups in total. The molecule has 0 saturated carbocycles. The van der Waals surface area contributed by atoms with Gasteiger partial charge in [0.15, 0.2) is 0 Å². The van der Waals surface area contributed by atoms with Crippen LogP contribution >= 0.6 is 0 Å². The van der Waals surface area contributed by atoms with Crippen molar-refractivity contribution in [2.45, 2.75) is 6.92 Å². The number of nitrogens with zero attached hydrogens (tertiary/aromatic N) is 1. The van der Waals surface area contributed by atoms with Crippen LogP contribution in [0.15, 0.2) is 5.10 Å². The second-order valence-corrected chi connectivity index (χ2v) is 1.97. The topological polar surface area (TPSA) is 70.9 Å². The van der Waals surface area contributed by atoms with Crippen LogP contribution in [-0.4, -0.2) is 37.0 Å². The molecule has 0 aliphatic carbocycles. The number of rotatable bonds is 4. The summed E-state index contributed by atoms with van der Waals surface area (Å²) in [5.41, 5.74) is 2.78. The van der Waals surface area contributed by atoms with Crippen molar-refractivity contribution in [3.8, 4) is 0 Å². The molecule has 0 radical (unpaired) electrons. The highest BCUT2D eigenvalue weighted by Crippen LogP contribution is 1.75. The summed E-state index contributed by atoms with van der Waals surface area (Å²) in [6.07, 6.45) is 0. The van der Waals surface area contributed by atoms with Crippen LogP contribution in [-0.2, 0) is 9.53 Å². The molecule has 0 aromatic carbocycles. The zero-order valence-corrected chi connectivity index (χ0v) is 6.63. The quantitative estimate of drug-likeness (QED) is 0.414. The number of aliphatic hydroxyl groups is 1. The molecule has 0 saturated heterocycles. The molecule has 0 spiro atoms. The van der Waals surface area contributed by atoms with Gasteiger partial charge in [-0.3, -0.25) is 4.79 Å². The van der Waals surface area contributed by atoms with Crippen LogP contribution < -0.4 is 5.43 Å². The van der Waals surface area contributed by atoms with Crippen LogP contribution in [0, 0.1) is 0 Å². The van der Waals surface area contributed by atoms with Crippen molar-refractivity contribution in [1.29, 1.82) is 0 Å². The van der Waals surface area contributed by atoms with E-state index in [2.05, 4.69) is 10.5 Å². The molecule has 0 aliphatic rings. The van der Waals surface area contributed by atoms with Crippen molar-refractivity contribution in [3.05, 3.63) is 0 Å². The molecule has 0 bridgehead atoms. The molecule has 0 aromatic heterocycles. The number of hydrazone groups is 1. The molecule has 11 heavy (non-hydrogen) atoms. The minimum Gasteiger partial charge on any atom is -0.386 e. The number of hydrogen-bond acceptors (Lipinski definition) is 4. The fraction of sp³-hybridized carbons (Fsp3) is 0.667. The first-order valence-corrected chi connectivity index (χ1v) is 3.12. The van der Waals surface area contributed by atoms with Gasteiger partial charge in [-0.2, -0.15) is 5.10 Å². The Labute approximate surface area is 65.0 Å². The first kappa shape index (κ1) is 10.1. The fourth-order valence-corrected chi connectivity index (χ4v) is 0.434. The van der Waals surface area contributed by atoms with Gasteiger partial charge in [-0.15, -0.1) is 0 Å². The van der Waals surface area contributed by atoms with Gasteiger partial charge >= 0.3 is 0 Å². The van der Waals surface area contributed by atoms with Crippen molar-refractivity contribution in [2.24, 2.45) is 5.10 Å². The van der Waals surface area contributed by atoms with Crippen LogP contribution in [0.5, 0.6) is 0 Å². The highest BCUT2D eigenvalue weighted by Gasteiger charge is 1.94. The molecular formula is C6H12N2O3. The smallest absolute Gasteiger partial charge is 0.265 e. The predicted octanol–water partition coefficient (Wildman–Crippen LogP) is -0.883. The van der Waals surface area contributed by atoms with E-state index in [-0.39, 0.29) is 0 Å². The summed E-state index contributed by atoms with van der Waals surface area (Å²) in [7, 11) is 1.53. The molecule has 0 heterocycles. The van der Waals surface area contributed by atoms with Gasteiger partial charge in [-0.1, -0.05) is 0 Å². The van der Waals surface area contributed by atoms with Crippen LogP contribution in [0.25, 0.3) is 0 Å². The third-order valence-electron chi connectivity index (χ3n) is 0.868. The molecule has 0 fully saturated rings. The van der Waals surface area contributed by atoms with Crippen molar-refractivity contribution in [1.82, 2.24) is 5.43 Å². The van der Waals surface area contributed by atoms with Gasteiger partial charge < -0.3 is 9.84 Å². The van der Waals surface area contributed by atoms with Crippen LogP contribution in [0.4, 0.5) is 0 Å². The molecule has 1 amide bonds. The van der Waals surface area contributed by atoms with E-state index >= 15 is 0 Å². The molecule has 64 valence electrons. The number of carbonyl (C=O) groups excluding carboxylic acids is 1. The third kappa shape index (κ3) is 5.50. The average molecular weight is 160 g/mol. The van der Waals surface area contributed by atoms with Crippen molar-refractivity contribution in [3.63, 3.8) is 0 Å². The standard InChI is InChI=1S/C6H12N2O3/c1-5(4-11-2)7-8-6(10)3-9/h9H,3-4H2,1-2H3,(H,8,10)/b7-5+. The summed E-state index contributed by atoms with van der Waals surface area (Å²) in [4.78, 5) is 10.4. The maximum absolute atomic E-state index is 10.4. The van der Waals surface area contributed by atoms with Crippen LogP contribution in [0.2, 0.25) is 0 Å². The van der Waals surface area contributed by atoms with E-state index in [9.17, 15) is 4.79 Å². The van der Waals surface area contributed by atoms with Gasteiger partial charge in [-0.25, -0.2) is 5.43 Å². The van der Waals surface area contributed by atoms with E-state index in [0.717, 1.165) is 0 Å². The number of carbonyl (C=O) groups is 1. The lowest BCUT2D eigenvalue weighted by atomic mass is 10.5. The number of ether oxygens (including phenoxy) is 1. The molecule has 0 unspecified atom stereocenters. The van der Waals surface area contributed by atoms with E-state index < -0.39 is 12.5 Å². The largest absolute Gasteiger partial charge is 0.386 e. The summed E-state index contributed by atoms with van der Waals surface area (Å²) < 4.78 is 4.72. The van der Waals surface area contributed by atoms with E-state index in [0.29, 0.717) is 12.3 Å². The maximum atomic E-state index is 10.4. The molecular weight excluding hydrogens is 148 g/mol. The van der Waals surface area contributed by atoms with Gasteiger partial charge in [0.1, 0.15) is 6.61 Å². The Morgan fingerprint density at radius 3 is 2.82 bits per heavy atom. The van der Waals surface area contributed by atoms with E-state index in [1.54, 1.807) is 6.92 Å². The summed E-state index contributed by atoms with van der Waals surface area (Å²) >= 11 is 0. The molecule has 0 aliphatic heterocycles. The van der Waals surface area contributed by atoms with Crippen molar-refractivity contribution in [2.75, 3.05) is 20.3 Å². The molecule has 0 aromatic rings. The van der Waals surface area contributed by atoms with Gasteiger partial charge in [0.05, 0.1) is 12.3 Å². The number of aliphatic hydroxyl groups excluding tert-OH is 1. The second-order valence-electron chi connectivity index (χ2n) is 1.97. The van der Waals surface area contributed by atoms with Crippen molar-refractivity contribution < 1.29 is 14.6 Å². The van der Waals surface area contributed by atoms with Crippen LogP contribution in [0.1, 0.15) is 6.92 Å². The lowest BCUT2D eigenvalue weighted by Gasteiger charge is -1.98. The first-order valence-electron chi connectivity index (χ1n) is 3.12. The van der Waals surface area contributed by atoms with Gasteiger partial charge in [0.2, 0.25) is 0 Å². The summed E-state index contributed by atoms with van der Waals surface area (Å²) in [5.74, 6) is -0.527. The zero-order chi connectivity index (χ0) is 8.69. The van der Waals surface area contributed by atoms with E-state index in [1.807, 2.05) is 0 Å². The molecule has 5 heteroatoms. The Morgan fingerprint density at radius 1 is 1.73 bits per heavy atom. The monoisotopic (exact) mass is 160 g/mol. The Morgan fingerprint density at radius 2 is 2.36 bits per heavy atom. The molecule has 0 atom stereocenters. The minimum atomic E-state index is -0.552. The maximum Gasteiger partial charge on any atom is 0.265 e. The van der Waals surface area contributed by atoms with Crippen LogP contribution in [0.3, 0.4) is 0 Å². The number of nitrogens with one attached hydrogen (secondary N) is 1. The highest BCUT2D eigenvalue weighted by molar-refractivity contribution is 5.85. The first-order chi connectivity index (χ1) is 5.20. The third-order valence-corrected chi connectivity index (χ3v) is 0.868. The fourth-order valence-electron chi connectivity index (χ4n) is 0.434. The normalized spacial score (nSPS) is 11.4. The van der Waals surface area contributed by atoms with E-state index in [1.165, 1.54) is 7.11 Å². The number of hydrogen-bond donors (Lipinski definition) is 2. The lowest BCUT2D eigenvalue weighted by molar-refractivity contribution is -0.123. The minimum absolute atomic E-state index is 0.367. The van der Waals surface area contributed by atoms with Crippen molar-refractivity contribution >= 4 is 11.6 Å². The Kier molecular flexibility index (Phi) is 5.32. The van der Waals surface area contributed by atoms with Gasteiger partial charge in [0, 0.05) is 7.11 Å². The zero-order valence-electron chi connectivity index (χ0n) is 6.63. The highest BCUT2D eigenvalue weighted by atomic mass is 16.5. The summed E-state index contributed by atoms with van der Waals surface area (Å²) in [6.45, 7) is 1.52. The van der Waals surface area contributed by atoms with Gasteiger partial charge in [0.25, 0.3) is 5.91 Å². The Balaban J connectivity index is 3.63.